The normalized spacial score (nSPS) is 30.1. The molecule has 3 aliphatic rings. The van der Waals surface area contributed by atoms with E-state index < -0.39 is 11.6 Å². The number of hydrazine groups is 1. The lowest BCUT2D eigenvalue weighted by molar-refractivity contribution is -0.140. The van der Waals surface area contributed by atoms with Crippen LogP contribution >= 0.6 is 11.6 Å². The number of hydrogen-bond donors (Lipinski definition) is 2. The molecule has 1 aromatic rings. The molecule has 4 rings (SSSR count). The molecule has 2 aliphatic heterocycles. The molecule has 2 saturated heterocycles. The summed E-state index contributed by atoms with van der Waals surface area (Å²) in [4.78, 5) is 40.0. The van der Waals surface area contributed by atoms with Crippen LogP contribution in [0.15, 0.2) is 24.3 Å². The number of amides is 4. The van der Waals surface area contributed by atoms with Crippen LogP contribution in [0.25, 0.3) is 0 Å². The minimum atomic E-state index is -0.857. The molecule has 3 fully saturated rings. The quantitative estimate of drug-likeness (QED) is 0.736. The number of carbonyl (C=O) groups excluding carboxylic acids is 3. The summed E-state index contributed by atoms with van der Waals surface area (Å²) in [5, 5.41) is 4.38. The second-order valence-electron chi connectivity index (χ2n) is 8.52. The second-order valence-corrected chi connectivity index (χ2v) is 8.93. The smallest absolute Gasteiger partial charge is 0.322 e. The molecule has 0 bridgehead atoms. The average Bonchev–Trinajstić information content (AvgIpc) is 3.23. The number of nitrogens with one attached hydrogen (secondary N) is 2. The van der Waals surface area contributed by atoms with Crippen LogP contribution in [0.1, 0.15) is 57.1 Å². The Hall–Kier alpha value is -2.12. The van der Waals surface area contributed by atoms with E-state index in [0.29, 0.717) is 23.8 Å². The summed E-state index contributed by atoms with van der Waals surface area (Å²) in [6.45, 7) is 3.03. The van der Waals surface area contributed by atoms with E-state index in [4.69, 9.17) is 11.6 Å². The number of likely N-dealkylation sites (tertiary alicyclic amines) is 1. The summed E-state index contributed by atoms with van der Waals surface area (Å²) in [6, 6.07) is 7.18. The summed E-state index contributed by atoms with van der Waals surface area (Å²) in [5.41, 5.74) is 2.68. The molecule has 1 aromatic carbocycles. The zero-order valence-corrected chi connectivity index (χ0v) is 17.4. The molecular formula is C21H27ClN4O3. The van der Waals surface area contributed by atoms with Crippen molar-refractivity contribution in [1.82, 2.24) is 20.7 Å². The Morgan fingerprint density at radius 2 is 1.97 bits per heavy atom. The summed E-state index contributed by atoms with van der Waals surface area (Å²) < 4.78 is 0. The molecule has 1 unspecified atom stereocenters. The van der Waals surface area contributed by atoms with Crippen LogP contribution < -0.4 is 10.7 Å². The van der Waals surface area contributed by atoms with E-state index in [1.165, 1.54) is 0 Å². The van der Waals surface area contributed by atoms with E-state index in [9.17, 15) is 14.4 Å². The molecular weight excluding hydrogens is 392 g/mol. The zero-order valence-electron chi connectivity index (χ0n) is 16.6. The molecule has 2 N–H and O–H groups in total. The fraction of sp³-hybridized carbons (Fsp3) is 0.571. The Labute approximate surface area is 175 Å². The predicted molar refractivity (Wildman–Crippen MR) is 109 cm³/mol. The molecule has 156 valence electrons. The lowest BCUT2D eigenvalue weighted by atomic mass is 9.77. The van der Waals surface area contributed by atoms with Gasteiger partial charge < -0.3 is 5.32 Å². The molecule has 0 radical (unpaired) electrons. The standard InChI is InChI=1S/C21H27ClN4O3/c1-14-8-10-21(11-9-14)19(28)26(20(29)23-21)24-18(27)13-25-12-4-7-17(25)15-5-2-3-6-16(15)22/h2-3,5-6,14,17H,4,7-13H2,1H3,(H,23,29)(H,24,27). The van der Waals surface area contributed by atoms with Crippen LogP contribution in [0.4, 0.5) is 4.79 Å². The van der Waals surface area contributed by atoms with Gasteiger partial charge in [0, 0.05) is 11.1 Å². The van der Waals surface area contributed by atoms with Crippen molar-refractivity contribution in [3.63, 3.8) is 0 Å². The largest absolute Gasteiger partial charge is 0.344 e. The predicted octanol–water partition coefficient (Wildman–Crippen LogP) is 3.01. The van der Waals surface area contributed by atoms with Crippen molar-refractivity contribution in [2.24, 2.45) is 5.92 Å². The first-order chi connectivity index (χ1) is 13.9. The van der Waals surface area contributed by atoms with Gasteiger partial charge in [0.2, 0.25) is 0 Å². The van der Waals surface area contributed by atoms with E-state index in [1.807, 2.05) is 29.2 Å². The van der Waals surface area contributed by atoms with Crippen LogP contribution in [0.3, 0.4) is 0 Å². The molecule has 1 atom stereocenters. The van der Waals surface area contributed by atoms with E-state index in [2.05, 4.69) is 17.7 Å². The van der Waals surface area contributed by atoms with Crippen molar-refractivity contribution >= 4 is 29.4 Å². The van der Waals surface area contributed by atoms with Crippen LogP contribution in [0.5, 0.6) is 0 Å². The van der Waals surface area contributed by atoms with Crippen LogP contribution in [0, 0.1) is 5.92 Å². The van der Waals surface area contributed by atoms with Gasteiger partial charge in [-0.15, -0.1) is 0 Å². The van der Waals surface area contributed by atoms with Gasteiger partial charge in [-0.3, -0.25) is 19.9 Å². The first-order valence-electron chi connectivity index (χ1n) is 10.3. The fourth-order valence-electron chi connectivity index (χ4n) is 4.77. The fourth-order valence-corrected chi connectivity index (χ4v) is 5.03. The summed E-state index contributed by atoms with van der Waals surface area (Å²) in [5.74, 6) is -0.161. The number of carbonyl (C=O) groups is 3. The monoisotopic (exact) mass is 418 g/mol. The van der Waals surface area contributed by atoms with Gasteiger partial charge in [0.05, 0.1) is 6.54 Å². The summed E-state index contributed by atoms with van der Waals surface area (Å²) in [7, 11) is 0. The Kier molecular flexibility index (Phi) is 5.53. The SMILES string of the molecule is CC1CCC2(CC1)NC(=O)N(NC(=O)CN1CCCC1c1ccccc1Cl)C2=O. The van der Waals surface area contributed by atoms with Crippen molar-refractivity contribution in [2.45, 2.75) is 57.0 Å². The number of urea groups is 1. The van der Waals surface area contributed by atoms with Gasteiger partial charge in [-0.2, -0.15) is 5.01 Å². The maximum atomic E-state index is 12.9. The van der Waals surface area contributed by atoms with Gasteiger partial charge in [0.15, 0.2) is 0 Å². The minimum absolute atomic E-state index is 0.0590. The van der Waals surface area contributed by atoms with Crippen LogP contribution in [0.2, 0.25) is 5.02 Å². The molecule has 8 heteroatoms. The number of halogens is 1. The van der Waals surface area contributed by atoms with Gasteiger partial charge >= 0.3 is 6.03 Å². The van der Waals surface area contributed by atoms with Gasteiger partial charge in [-0.05, 0) is 62.6 Å². The van der Waals surface area contributed by atoms with Crippen LogP contribution in [-0.2, 0) is 9.59 Å². The molecule has 29 heavy (non-hydrogen) atoms. The molecule has 7 nitrogen and oxygen atoms in total. The number of nitrogens with zero attached hydrogens (tertiary/aromatic N) is 2. The first-order valence-corrected chi connectivity index (χ1v) is 10.7. The Morgan fingerprint density at radius 1 is 1.24 bits per heavy atom. The minimum Gasteiger partial charge on any atom is -0.322 e. The highest BCUT2D eigenvalue weighted by Crippen LogP contribution is 2.37. The Bertz CT molecular complexity index is 822. The van der Waals surface area contributed by atoms with Crippen molar-refractivity contribution in [2.75, 3.05) is 13.1 Å². The third kappa shape index (κ3) is 3.85. The third-order valence-electron chi connectivity index (χ3n) is 6.50. The average molecular weight is 419 g/mol. The zero-order chi connectivity index (χ0) is 20.6. The molecule has 0 aromatic heterocycles. The summed E-state index contributed by atoms with van der Waals surface area (Å²) in [6.07, 6.45) is 4.90. The highest BCUT2D eigenvalue weighted by molar-refractivity contribution is 6.31. The maximum absolute atomic E-state index is 12.9. The topological polar surface area (TPSA) is 81.8 Å². The van der Waals surface area contributed by atoms with Gasteiger partial charge in [0.1, 0.15) is 5.54 Å². The molecule has 2 heterocycles. The van der Waals surface area contributed by atoms with E-state index >= 15 is 0 Å². The molecule has 1 saturated carbocycles. The molecule has 4 amide bonds. The number of benzene rings is 1. The van der Waals surface area contributed by atoms with Gasteiger partial charge in [-0.1, -0.05) is 36.7 Å². The highest BCUT2D eigenvalue weighted by Gasteiger charge is 2.53. The van der Waals surface area contributed by atoms with Gasteiger partial charge in [-0.25, -0.2) is 4.79 Å². The molecule has 1 aliphatic carbocycles. The maximum Gasteiger partial charge on any atom is 0.344 e. The van der Waals surface area contributed by atoms with Crippen LogP contribution in [-0.4, -0.2) is 46.4 Å². The van der Waals surface area contributed by atoms with E-state index in [-0.39, 0.29) is 24.4 Å². The summed E-state index contributed by atoms with van der Waals surface area (Å²) >= 11 is 6.34. The lowest BCUT2D eigenvalue weighted by Crippen LogP contribution is -2.52. The van der Waals surface area contributed by atoms with Crippen molar-refractivity contribution < 1.29 is 14.4 Å². The Balaban J connectivity index is 1.40. The van der Waals surface area contributed by atoms with E-state index in [1.54, 1.807) is 0 Å². The van der Waals surface area contributed by atoms with Gasteiger partial charge in [0.25, 0.3) is 11.8 Å². The number of rotatable bonds is 4. The highest BCUT2D eigenvalue weighted by atomic mass is 35.5. The van der Waals surface area contributed by atoms with Crippen molar-refractivity contribution in [3.05, 3.63) is 34.9 Å². The molecule has 1 spiro atoms. The third-order valence-corrected chi connectivity index (χ3v) is 6.84. The first kappa shape index (κ1) is 20.2. The lowest BCUT2D eigenvalue weighted by Gasteiger charge is -2.33. The number of imide groups is 1. The van der Waals surface area contributed by atoms with Crippen molar-refractivity contribution in [3.8, 4) is 0 Å². The second kappa shape index (κ2) is 7.95. The van der Waals surface area contributed by atoms with E-state index in [0.717, 1.165) is 42.8 Å². The van der Waals surface area contributed by atoms with Crippen molar-refractivity contribution in [1.29, 1.82) is 0 Å². The number of hydrogen-bond acceptors (Lipinski definition) is 4. The Morgan fingerprint density at radius 3 is 2.69 bits per heavy atom.